The van der Waals surface area contributed by atoms with Gasteiger partial charge in [0.2, 0.25) is 0 Å². The molecule has 0 aliphatic heterocycles. The van der Waals surface area contributed by atoms with Crippen LogP contribution in [-0.2, 0) is 0 Å². The molecule has 140 valence electrons. The average Bonchev–Trinajstić information content (AvgIpc) is 2.67. The topological polar surface area (TPSA) is 59.9 Å². The zero-order valence-electron chi connectivity index (χ0n) is 15.1. The number of aryl methyl sites for hydroxylation is 1. The molecule has 0 aliphatic carbocycles. The summed E-state index contributed by atoms with van der Waals surface area (Å²) in [5, 5.41) is 3.23. The Morgan fingerprint density at radius 3 is 2.63 bits per heavy atom. The molecule has 27 heavy (non-hydrogen) atoms. The van der Waals surface area contributed by atoms with Crippen molar-refractivity contribution < 1.29 is 13.5 Å². The number of hydrogen-bond acceptors (Lipinski definition) is 5. The van der Waals surface area contributed by atoms with Crippen LogP contribution < -0.4 is 10.1 Å². The fraction of sp³-hybridized carbons (Fsp3) is 0.250. The molecule has 2 aromatic heterocycles. The lowest BCUT2D eigenvalue weighted by Gasteiger charge is -2.17. The largest absolute Gasteiger partial charge is 0.435 e. The SMILES string of the molecule is Cc1ccc(-c2cc(NCC(C)c3ccccc3OC(F)F)ncn2)cn1. The maximum atomic E-state index is 12.6. The first-order valence-corrected chi connectivity index (χ1v) is 8.55. The number of halogens is 2. The lowest BCUT2D eigenvalue weighted by Crippen LogP contribution is -2.13. The van der Waals surface area contributed by atoms with Crippen LogP contribution in [0.25, 0.3) is 11.3 Å². The molecule has 3 rings (SSSR count). The van der Waals surface area contributed by atoms with Gasteiger partial charge < -0.3 is 10.1 Å². The quantitative estimate of drug-likeness (QED) is 0.655. The number of nitrogens with one attached hydrogen (secondary N) is 1. The normalized spacial score (nSPS) is 12.0. The van der Waals surface area contributed by atoms with Crippen LogP contribution in [-0.4, -0.2) is 28.1 Å². The van der Waals surface area contributed by atoms with E-state index in [1.54, 1.807) is 30.5 Å². The number of alkyl halides is 2. The van der Waals surface area contributed by atoms with E-state index in [9.17, 15) is 8.78 Å². The molecule has 7 heteroatoms. The van der Waals surface area contributed by atoms with Crippen LogP contribution >= 0.6 is 0 Å². The molecule has 0 saturated heterocycles. The van der Waals surface area contributed by atoms with Gasteiger partial charge in [-0.05, 0) is 30.7 Å². The van der Waals surface area contributed by atoms with Gasteiger partial charge in [0.25, 0.3) is 0 Å². The molecule has 0 fully saturated rings. The van der Waals surface area contributed by atoms with Crippen molar-refractivity contribution in [2.45, 2.75) is 26.4 Å². The second kappa shape index (κ2) is 8.53. The Morgan fingerprint density at radius 1 is 1.07 bits per heavy atom. The number of rotatable bonds is 7. The molecule has 1 aromatic carbocycles. The maximum absolute atomic E-state index is 12.6. The van der Waals surface area contributed by atoms with Crippen molar-refractivity contribution in [3.8, 4) is 17.0 Å². The Balaban J connectivity index is 1.70. The zero-order chi connectivity index (χ0) is 19.2. The third kappa shape index (κ3) is 4.97. The standard InChI is InChI=1S/C20H20F2N4O/c1-13(16-5-3-4-6-18(16)27-20(21)22)10-24-19-9-17(25-12-26-19)15-8-7-14(2)23-11-15/h3-9,11-13,20H,10H2,1-2H3,(H,24,25,26). The summed E-state index contributed by atoms with van der Waals surface area (Å²) in [4.78, 5) is 12.8. The lowest BCUT2D eigenvalue weighted by molar-refractivity contribution is -0.0505. The predicted molar refractivity (Wildman–Crippen MR) is 100.0 cm³/mol. The molecular formula is C20H20F2N4O. The highest BCUT2D eigenvalue weighted by atomic mass is 19.3. The molecule has 0 bridgehead atoms. The Morgan fingerprint density at radius 2 is 1.89 bits per heavy atom. The number of hydrogen-bond donors (Lipinski definition) is 1. The van der Waals surface area contributed by atoms with E-state index in [4.69, 9.17) is 0 Å². The van der Waals surface area contributed by atoms with Crippen molar-refractivity contribution in [1.29, 1.82) is 0 Å². The first-order valence-electron chi connectivity index (χ1n) is 8.55. The van der Waals surface area contributed by atoms with Crippen LogP contribution in [0.4, 0.5) is 14.6 Å². The summed E-state index contributed by atoms with van der Waals surface area (Å²) in [5.74, 6) is 0.787. The minimum absolute atomic E-state index is 0.0561. The van der Waals surface area contributed by atoms with Gasteiger partial charge in [-0.2, -0.15) is 8.78 Å². The van der Waals surface area contributed by atoms with E-state index >= 15 is 0 Å². The van der Waals surface area contributed by atoms with Crippen molar-refractivity contribution in [3.05, 3.63) is 66.2 Å². The van der Waals surface area contributed by atoms with E-state index in [0.29, 0.717) is 17.9 Å². The molecule has 0 saturated carbocycles. The second-order valence-corrected chi connectivity index (χ2v) is 6.18. The highest BCUT2D eigenvalue weighted by Crippen LogP contribution is 2.28. The molecule has 5 nitrogen and oxygen atoms in total. The molecule has 1 unspecified atom stereocenters. The highest BCUT2D eigenvalue weighted by Gasteiger charge is 2.14. The summed E-state index contributed by atoms with van der Waals surface area (Å²) in [6.07, 6.45) is 3.25. The van der Waals surface area contributed by atoms with Crippen LogP contribution in [0.1, 0.15) is 24.1 Å². The van der Waals surface area contributed by atoms with Crippen LogP contribution in [0.2, 0.25) is 0 Å². The maximum Gasteiger partial charge on any atom is 0.387 e. The van der Waals surface area contributed by atoms with Crippen molar-refractivity contribution in [2.24, 2.45) is 0 Å². The summed E-state index contributed by atoms with van der Waals surface area (Å²) >= 11 is 0. The minimum atomic E-state index is -2.85. The molecule has 1 N–H and O–H groups in total. The van der Waals surface area contributed by atoms with E-state index in [1.807, 2.05) is 32.0 Å². The van der Waals surface area contributed by atoms with Crippen LogP contribution in [0, 0.1) is 6.92 Å². The number of para-hydroxylation sites is 1. The summed E-state index contributed by atoms with van der Waals surface area (Å²) < 4.78 is 29.8. The molecule has 3 aromatic rings. The predicted octanol–water partition coefficient (Wildman–Crippen LogP) is 4.66. The highest BCUT2D eigenvalue weighted by molar-refractivity contribution is 5.61. The first-order chi connectivity index (χ1) is 13.0. The Labute approximate surface area is 156 Å². The molecule has 0 aliphatic rings. The fourth-order valence-electron chi connectivity index (χ4n) is 2.69. The van der Waals surface area contributed by atoms with Crippen molar-refractivity contribution in [2.75, 3.05) is 11.9 Å². The average molecular weight is 370 g/mol. The first kappa shape index (κ1) is 18.7. The number of anilines is 1. The fourth-order valence-corrected chi connectivity index (χ4v) is 2.69. The molecule has 0 spiro atoms. The van der Waals surface area contributed by atoms with Gasteiger partial charge in [-0.3, -0.25) is 4.98 Å². The molecule has 0 amide bonds. The molecule has 0 radical (unpaired) electrons. The summed E-state index contributed by atoms with van der Waals surface area (Å²) in [7, 11) is 0. The minimum Gasteiger partial charge on any atom is -0.435 e. The Hall–Kier alpha value is -3.09. The number of aromatic nitrogens is 3. The molecule has 2 heterocycles. The Kier molecular flexibility index (Phi) is 5.90. The van der Waals surface area contributed by atoms with E-state index in [2.05, 4.69) is 25.0 Å². The lowest BCUT2D eigenvalue weighted by atomic mass is 10.00. The van der Waals surface area contributed by atoms with Gasteiger partial charge >= 0.3 is 6.61 Å². The third-order valence-electron chi connectivity index (χ3n) is 4.13. The number of nitrogens with zero attached hydrogens (tertiary/aromatic N) is 3. The van der Waals surface area contributed by atoms with Crippen LogP contribution in [0.3, 0.4) is 0 Å². The zero-order valence-corrected chi connectivity index (χ0v) is 15.1. The third-order valence-corrected chi connectivity index (χ3v) is 4.13. The van der Waals surface area contributed by atoms with E-state index in [1.165, 1.54) is 6.33 Å². The van der Waals surface area contributed by atoms with Gasteiger partial charge in [-0.15, -0.1) is 0 Å². The Bertz CT molecular complexity index is 887. The number of benzene rings is 1. The molecular weight excluding hydrogens is 350 g/mol. The van der Waals surface area contributed by atoms with Crippen LogP contribution in [0.5, 0.6) is 5.75 Å². The molecule has 1 atom stereocenters. The van der Waals surface area contributed by atoms with E-state index in [0.717, 1.165) is 17.0 Å². The second-order valence-electron chi connectivity index (χ2n) is 6.18. The van der Waals surface area contributed by atoms with Crippen molar-refractivity contribution in [1.82, 2.24) is 15.0 Å². The van der Waals surface area contributed by atoms with Gasteiger partial charge in [0.05, 0.1) is 5.69 Å². The monoisotopic (exact) mass is 370 g/mol. The van der Waals surface area contributed by atoms with Gasteiger partial charge in [0, 0.05) is 36.0 Å². The number of ether oxygens (including phenoxy) is 1. The van der Waals surface area contributed by atoms with Gasteiger partial charge in [-0.25, -0.2) is 9.97 Å². The van der Waals surface area contributed by atoms with Crippen molar-refractivity contribution >= 4 is 5.82 Å². The summed E-state index contributed by atoms with van der Waals surface area (Å²) in [5.41, 5.74) is 3.30. The van der Waals surface area contributed by atoms with Gasteiger partial charge in [0.1, 0.15) is 17.9 Å². The van der Waals surface area contributed by atoms with E-state index in [-0.39, 0.29) is 11.7 Å². The van der Waals surface area contributed by atoms with Gasteiger partial charge in [0.15, 0.2) is 0 Å². The van der Waals surface area contributed by atoms with E-state index < -0.39 is 6.61 Å². The summed E-state index contributed by atoms with van der Waals surface area (Å²) in [6.45, 7) is 1.52. The summed E-state index contributed by atoms with van der Waals surface area (Å²) in [6, 6.07) is 12.5. The van der Waals surface area contributed by atoms with Crippen molar-refractivity contribution in [3.63, 3.8) is 0 Å². The van der Waals surface area contributed by atoms with Crippen LogP contribution in [0.15, 0.2) is 55.0 Å². The van der Waals surface area contributed by atoms with Gasteiger partial charge in [-0.1, -0.05) is 25.1 Å². The smallest absolute Gasteiger partial charge is 0.387 e. The number of pyridine rings is 1.